The minimum atomic E-state index is -3.58. The quantitative estimate of drug-likeness (QED) is 0.845. The van der Waals surface area contributed by atoms with Crippen LogP contribution in [0.25, 0.3) is 0 Å². The molecule has 2 fully saturated rings. The molecule has 22 heavy (non-hydrogen) atoms. The van der Waals surface area contributed by atoms with Gasteiger partial charge in [-0.1, -0.05) is 11.6 Å². The maximum Gasteiger partial charge on any atom is 0.243 e. The number of piperidine rings is 1. The Morgan fingerprint density at radius 2 is 1.73 bits per heavy atom. The maximum absolute atomic E-state index is 13.2. The van der Waals surface area contributed by atoms with Crippen molar-refractivity contribution in [2.24, 2.45) is 0 Å². The lowest BCUT2D eigenvalue weighted by Gasteiger charge is -2.36. The minimum Gasteiger partial charge on any atom is -0.300 e. The smallest absolute Gasteiger partial charge is 0.243 e. The largest absolute Gasteiger partial charge is 0.300 e. The van der Waals surface area contributed by atoms with E-state index in [0.29, 0.717) is 19.1 Å². The van der Waals surface area contributed by atoms with Crippen LogP contribution in [0.15, 0.2) is 23.1 Å². The molecule has 0 aliphatic carbocycles. The van der Waals surface area contributed by atoms with Crippen LogP contribution in [0, 0.1) is 5.82 Å². The molecule has 3 rings (SSSR count). The fraction of sp³-hybridized carbons (Fsp3) is 0.600. The van der Waals surface area contributed by atoms with Crippen molar-refractivity contribution in [1.29, 1.82) is 0 Å². The molecule has 0 spiro atoms. The number of benzene rings is 1. The second-order valence-electron chi connectivity index (χ2n) is 5.95. The summed E-state index contributed by atoms with van der Waals surface area (Å²) in [6.07, 6.45) is 4.20. The second kappa shape index (κ2) is 6.43. The van der Waals surface area contributed by atoms with Gasteiger partial charge in [-0.25, -0.2) is 12.8 Å². The van der Waals surface area contributed by atoms with E-state index in [1.165, 1.54) is 29.3 Å². The maximum atomic E-state index is 13.2. The van der Waals surface area contributed by atoms with Crippen LogP contribution in [0.5, 0.6) is 0 Å². The number of likely N-dealkylation sites (tertiary alicyclic amines) is 1. The Kier molecular flexibility index (Phi) is 4.73. The third kappa shape index (κ3) is 3.15. The van der Waals surface area contributed by atoms with Gasteiger partial charge >= 0.3 is 0 Å². The molecule has 0 aromatic heterocycles. The van der Waals surface area contributed by atoms with E-state index in [9.17, 15) is 12.8 Å². The normalized spacial score (nSPS) is 22.3. The zero-order valence-electron chi connectivity index (χ0n) is 12.3. The summed E-state index contributed by atoms with van der Waals surface area (Å²) in [6.45, 7) is 3.28. The summed E-state index contributed by atoms with van der Waals surface area (Å²) in [4.78, 5) is 2.54. The van der Waals surface area contributed by atoms with Crippen molar-refractivity contribution in [3.8, 4) is 0 Å². The first kappa shape index (κ1) is 16.2. The summed E-state index contributed by atoms with van der Waals surface area (Å²) in [6, 6.07) is 4.07. The second-order valence-corrected chi connectivity index (χ2v) is 8.30. The molecule has 0 radical (unpaired) electrons. The summed E-state index contributed by atoms with van der Waals surface area (Å²) in [5, 5.41) is -0.159. The number of hydrogen-bond donors (Lipinski definition) is 0. The molecule has 2 aliphatic rings. The molecule has 1 aromatic rings. The zero-order chi connectivity index (χ0) is 15.7. The molecule has 2 aliphatic heterocycles. The first-order valence-electron chi connectivity index (χ1n) is 7.68. The highest BCUT2D eigenvalue weighted by Gasteiger charge is 2.32. The number of nitrogens with zero attached hydrogens (tertiary/aromatic N) is 2. The van der Waals surface area contributed by atoms with E-state index < -0.39 is 15.8 Å². The van der Waals surface area contributed by atoms with E-state index in [1.807, 2.05) is 0 Å². The van der Waals surface area contributed by atoms with E-state index in [0.717, 1.165) is 32.0 Å². The summed E-state index contributed by atoms with van der Waals surface area (Å²) in [5.41, 5.74) is 0. The third-order valence-corrected chi connectivity index (χ3v) is 6.79. The van der Waals surface area contributed by atoms with Crippen molar-refractivity contribution in [3.05, 3.63) is 29.0 Å². The third-order valence-electron chi connectivity index (χ3n) is 4.61. The first-order valence-corrected chi connectivity index (χ1v) is 9.49. The molecule has 0 amide bonds. The average molecular weight is 347 g/mol. The van der Waals surface area contributed by atoms with Crippen LogP contribution in [0.3, 0.4) is 0 Å². The van der Waals surface area contributed by atoms with Crippen LogP contribution >= 0.6 is 11.6 Å². The van der Waals surface area contributed by atoms with Gasteiger partial charge in [-0.3, -0.25) is 0 Å². The van der Waals surface area contributed by atoms with E-state index >= 15 is 0 Å². The SMILES string of the molecule is O=S(=O)(c1ccc(F)c(Cl)c1)N1CCC(N2CCCC2)CC1. The van der Waals surface area contributed by atoms with E-state index in [2.05, 4.69) is 4.90 Å². The molecule has 0 N–H and O–H groups in total. The van der Waals surface area contributed by atoms with Crippen LogP contribution < -0.4 is 0 Å². The average Bonchev–Trinajstić information content (AvgIpc) is 3.04. The summed E-state index contributed by atoms with van der Waals surface area (Å²) in [7, 11) is -3.58. The Hall–Kier alpha value is -0.690. The van der Waals surface area contributed by atoms with Crippen LogP contribution in [0.2, 0.25) is 5.02 Å². The molecule has 1 aromatic carbocycles. The number of sulfonamides is 1. The number of halogens is 2. The van der Waals surface area contributed by atoms with Gasteiger partial charge in [0.05, 0.1) is 9.92 Å². The fourth-order valence-corrected chi connectivity index (χ4v) is 5.08. The van der Waals surface area contributed by atoms with Crippen molar-refractivity contribution < 1.29 is 12.8 Å². The van der Waals surface area contributed by atoms with Crippen molar-refractivity contribution >= 4 is 21.6 Å². The Morgan fingerprint density at radius 1 is 1.09 bits per heavy atom. The molecule has 4 nitrogen and oxygen atoms in total. The molecule has 2 heterocycles. The van der Waals surface area contributed by atoms with Gasteiger partial charge in [0.25, 0.3) is 0 Å². The summed E-state index contributed by atoms with van der Waals surface area (Å²) < 4.78 is 39.9. The van der Waals surface area contributed by atoms with Crippen LogP contribution in [-0.2, 0) is 10.0 Å². The Balaban J connectivity index is 1.70. The highest BCUT2D eigenvalue weighted by atomic mass is 35.5. The van der Waals surface area contributed by atoms with Gasteiger partial charge < -0.3 is 4.90 Å². The molecule has 0 bridgehead atoms. The molecule has 0 atom stereocenters. The molecule has 122 valence electrons. The molecule has 7 heteroatoms. The highest BCUT2D eigenvalue weighted by Crippen LogP contribution is 2.27. The molecule has 2 saturated heterocycles. The van der Waals surface area contributed by atoms with Gasteiger partial charge in [0, 0.05) is 19.1 Å². The Bertz CT molecular complexity index is 639. The van der Waals surface area contributed by atoms with Gasteiger partial charge in [-0.15, -0.1) is 0 Å². The van der Waals surface area contributed by atoms with Crippen molar-refractivity contribution in [2.45, 2.75) is 36.6 Å². The Morgan fingerprint density at radius 3 is 2.32 bits per heavy atom. The standard InChI is InChI=1S/C15H20ClFN2O2S/c16-14-11-13(3-4-15(14)17)22(20,21)19-9-5-12(6-10-19)18-7-1-2-8-18/h3-4,11-12H,1-2,5-10H2. The van der Waals surface area contributed by atoms with E-state index in [4.69, 9.17) is 11.6 Å². The van der Waals surface area contributed by atoms with Gasteiger partial charge in [0.1, 0.15) is 5.82 Å². The predicted octanol–water partition coefficient (Wildman–Crippen LogP) is 2.73. The first-order chi connectivity index (χ1) is 10.5. The Labute approximate surface area is 135 Å². The molecular formula is C15H20ClFN2O2S. The van der Waals surface area contributed by atoms with Gasteiger partial charge in [0.2, 0.25) is 10.0 Å². The van der Waals surface area contributed by atoms with Gasteiger partial charge in [0.15, 0.2) is 0 Å². The van der Waals surface area contributed by atoms with Crippen LogP contribution in [-0.4, -0.2) is 49.8 Å². The molecule has 0 unspecified atom stereocenters. The molecular weight excluding hydrogens is 327 g/mol. The van der Waals surface area contributed by atoms with Gasteiger partial charge in [-0.2, -0.15) is 4.31 Å². The van der Waals surface area contributed by atoms with Crippen LogP contribution in [0.4, 0.5) is 4.39 Å². The lowest BCUT2D eigenvalue weighted by Crippen LogP contribution is -2.45. The lowest BCUT2D eigenvalue weighted by atomic mass is 10.1. The minimum absolute atomic E-state index is 0.0681. The lowest BCUT2D eigenvalue weighted by molar-refractivity contribution is 0.168. The van der Waals surface area contributed by atoms with E-state index in [-0.39, 0.29) is 9.92 Å². The fourth-order valence-electron chi connectivity index (χ4n) is 3.34. The van der Waals surface area contributed by atoms with Crippen LogP contribution in [0.1, 0.15) is 25.7 Å². The highest BCUT2D eigenvalue weighted by molar-refractivity contribution is 7.89. The monoisotopic (exact) mass is 346 g/mol. The molecule has 0 saturated carbocycles. The number of rotatable bonds is 3. The predicted molar refractivity (Wildman–Crippen MR) is 84.0 cm³/mol. The summed E-state index contributed by atoms with van der Waals surface area (Å²) >= 11 is 5.70. The van der Waals surface area contributed by atoms with Gasteiger partial charge in [-0.05, 0) is 57.0 Å². The van der Waals surface area contributed by atoms with Crippen molar-refractivity contribution in [1.82, 2.24) is 9.21 Å². The van der Waals surface area contributed by atoms with Crippen molar-refractivity contribution in [3.63, 3.8) is 0 Å². The van der Waals surface area contributed by atoms with E-state index in [1.54, 1.807) is 0 Å². The summed E-state index contributed by atoms with van der Waals surface area (Å²) in [5.74, 6) is -0.603. The zero-order valence-corrected chi connectivity index (χ0v) is 13.9. The topological polar surface area (TPSA) is 40.6 Å². The number of hydrogen-bond acceptors (Lipinski definition) is 3. The van der Waals surface area contributed by atoms with Crippen molar-refractivity contribution in [2.75, 3.05) is 26.2 Å².